The number of hydrogen-bond donors (Lipinski definition) is 0. The maximum atomic E-state index is 12.0. The Bertz CT molecular complexity index is 689. The van der Waals surface area contributed by atoms with Crippen LogP contribution in [0, 0.1) is 6.92 Å². The van der Waals surface area contributed by atoms with Crippen molar-refractivity contribution in [1.82, 2.24) is 0 Å². The van der Waals surface area contributed by atoms with Crippen molar-refractivity contribution < 1.29 is 41.1 Å². The van der Waals surface area contributed by atoms with E-state index >= 15 is 0 Å². The zero-order valence-electron chi connectivity index (χ0n) is 18.4. The maximum Gasteiger partial charge on any atom is 0.305 e. The summed E-state index contributed by atoms with van der Waals surface area (Å²) in [5, 5.41) is 0. The molecule has 0 amide bonds. The van der Waals surface area contributed by atoms with Gasteiger partial charge < -0.3 is 23.7 Å². The van der Waals surface area contributed by atoms with Crippen molar-refractivity contribution in [2.45, 2.75) is 31.6 Å². The topological polar surface area (TPSA) is 107 Å². The number of carbonyl (C=O) groups is 1. The molecule has 9 nitrogen and oxygen atoms in total. The highest BCUT2D eigenvalue weighted by molar-refractivity contribution is 7.86. The molecule has 0 aliphatic carbocycles. The molecule has 1 aromatic rings. The molecule has 0 heterocycles. The maximum absolute atomic E-state index is 12.0. The van der Waals surface area contributed by atoms with Crippen molar-refractivity contribution in [2.75, 3.05) is 66.1 Å². The second-order valence-corrected chi connectivity index (χ2v) is 8.12. The lowest BCUT2D eigenvalue weighted by atomic mass is 10.2. The molecule has 0 aromatic heterocycles. The Morgan fingerprint density at radius 3 is 1.68 bits per heavy atom. The molecular weight excluding hydrogens is 428 g/mol. The Morgan fingerprint density at radius 2 is 1.19 bits per heavy atom. The van der Waals surface area contributed by atoms with Crippen LogP contribution in [0.15, 0.2) is 29.2 Å². The lowest BCUT2D eigenvalue weighted by Crippen LogP contribution is -2.15. The molecule has 178 valence electrons. The predicted octanol–water partition coefficient (Wildman–Crippen LogP) is 2.11. The first-order valence-electron chi connectivity index (χ1n) is 10.4. The summed E-state index contributed by atoms with van der Waals surface area (Å²) in [5.74, 6) is -0.205. The Labute approximate surface area is 185 Å². The Kier molecular flexibility index (Phi) is 15.1. The van der Waals surface area contributed by atoms with Gasteiger partial charge in [0.2, 0.25) is 0 Å². The number of hydrogen-bond acceptors (Lipinski definition) is 9. The van der Waals surface area contributed by atoms with Crippen molar-refractivity contribution >= 4 is 16.1 Å². The summed E-state index contributed by atoms with van der Waals surface area (Å²) in [7, 11) is -3.76. The quantitative estimate of drug-likeness (QED) is 0.174. The molecule has 0 N–H and O–H groups in total. The number of carbonyl (C=O) groups excluding carboxylic acids is 1. The fourth-order valence-corrected chi connectivity index (χ4v) is 3.12. The van der Waals surface area contributed by atoms with Gasteiger partial charge in [-0.05, 0) is 25.5 Å². The summed E-state index contributed by atoms with van der Waals surface area (Å²) in [4.78, 5) is 11.3. The van der Waals surface area contributed by atoms with Crippen molar-refractivity contribution in [3.05, 3.63) is 29.8 Å². The van der Waals surface area contributed by atoms with Crippen molar-refractivity contribution in [3.63, 3.8) is 0 Å². The highest BCUT2D eigenvalue weighted by Crippen LogP contribution is 2.12. The number of benzene rings is 1. The minimum absolute atomic E-state index is 0.0584. The number of ether oxygens (including phenoxy) is 5. The summed E-state index contributed by atoms with van der Waals surface area (Å²) < 4.78 is 55.1. The summed E-state index contributed by atoms with van der Waals surface area (Å²) in [6.45, 7) is 6.87. The summed E-state index contributed by atoms with van der Waals surface area (Å²) in [6.07, 6.45) is 1.20. The van der Waals surface area contributed by atoms with Crippen LogP contribution in [0.5, 0.6) is 0 Å². The van der Waals surface area contributed by atoms with Gasteiger partial charge in [-0.1, -0.05) is 24.6 Å². The Balaban J connectivity index is 1.85. The van der Waals surface area contributed by atoms with E-state index in [1.165, 1.54) is 12.1 Å². The highest BCUT2D eigenvalue weighted by Gasteiger charge is 2.14. The average molecular weight is 463 g/mol. The van der Waals surface area contributed by atoms with Gasteiger partial charge >= 0.3 is 5.97 Å². The molecule has 1 rings (SSSR count). The average Bonchev–Trinajstić information content (AvgIpc) is 2.74. The normalized spacial score (nSPS) is 11.5. The van der Waals surface area contributed by atoms with Crippen LogP contribution in [0.2, 0.25) is 0 Å². The summed E-state index contributed by atoms with van der Waals surface area (Å²) in [6, 6.07) is 6.46. The zero-order chi connectivity index (χ0) is 22.8. The first-order chi connectivity index (χ1) is 15.0. The smallest absolute Gasteiger partial charge is 0.305 e. The van der Waals surface area contributed by atoms with Gasteiger partial charge in [-0.3, -0.25) is 8.98 Å². The molecule has 0 atom stereocenters. The van der Waals surface area contributed by atoms with E-state index in [4.69, 9.17) is 27.9 Å². The standard InChI is InChI=1S/C21H34O9S/c1-3-4-21(22)29-17-15-27-13-11-25-9-10-26-12-14-28-16-18-30-31(23,24)20-7-5-19(2)6-8-20/h5-8H,3-4,9-18H2,1-2H3. The first-order valence-corrected chi connectivity index (χ1v) is 11.8. The van der Waals surface area contributed by atoms with Crippen LogP contribution >= 0.6 is 0 Å². The lowest BCUT2D eigenvalue weighted by molar-refractivity contribution is -0.145. The van der Waals surface area contributed by atoms with Gasteiger partial charge in [-0.25, -0.2) is 0 Å². The van der Waals surface area contributed by atoms with E-state index in [1.807, 2.05) is 13.8 Å². The molecule has 0 aliphatic rings. The van der Waals surface area contributed by atoms with E-state index in [1.54, 1.807) is 12.1 Å². The third-order valence-corrected chi connectivity index (χ3v) is 5.16. The van der Waals surface area contributed by atoms with Crippen molar-refractivity contribution in [1.29, 1.82) is 0 Å². The molecule has 31 heavy (non-hydrogen) atoms. The second-order valence-electron chi connectivity index (χ2n) is 6.51. The van der Waals surface area contributed by atoms with Gasteiger partial charge in [0, 0.05) is 6.42 Å². The van der Waals surface area contributed by atoms with E-state index in [2.05, 4.69) is 0 Å². The molecule has 0 unspecified atom stereocenters. The number of rotatable bonds is 19. The van der Waals surface area contributed by atoms with Crippen molar-refractivity contribution in [2.24, 2.45) is 0 Å². The third-order valence-electron chi connectivity index (χ3n) is 3.84. The SMILES string of the molecule is CCCC(=O)OCCOCCOCCOCCOCCOS(=O)(=O)c1ccc(C)cc1. The minimum atomic E-state index is -3.76. The Morgan fingerprint density at radius 1 is 0.742 bits per heavy atom. The molecule has 0 aliphatic heterocycles. The molecule has 10 heteroatoms. The first kappa shape index (κ1) is 27.5. The van der Waals surface area contributed by atoms with Crippen LogP contribution in [-0.2, 0) is 42.8 Å². The van der Waals surface area contributed by atoms with E-state index < -0.39 is 10.1 Å². The minimum Gasteiger partial charge on any atom is -0.463 e. The third kappa shape index (κ3) is 14.2. The molecule has 0 saturated heterocycles. The summed E-state index contributed by atoms with van der Waals surface area (Å²) >= 11 is 0. The zero-order valence-corrected chi connectivity index (χ0v) is 19.2. The van der Waals surface area contributed by atoms with Gasteiger partial charge in [-0.15, -0.1) is 0 Å². The summed E-state index contributed by atoms with van der Waals surface area (Å²) in [5.41, 5.74) is 0.975. The fraction of sp³-hybridized carbons (Fsp3) is 0.667. The second kappa shape index (κ2) is 17.0. The largest absolute Gasteiger partial charge is 0.463 e. The van der Waals surface area contributed by atoms with Crippen LogP contribution in [0.4, 0.5) is 0 Å². The lowest BCUT2D eigenvalue weighted by Gasteiger charge is -2.08. The molecule has 0 saturated carbocycles. The molecule has 0 bridgehead atoms. The van der Waals surface area contributed by atoms with E-state index in [9.17, 15) is 13.2 Å². The van der Waals surface area contributed by atoms with Gasteiger partial charge in [-0.2, -0.15) is 8.42 Å². The van der Waals surface area contributed by atoms with Crippen LogP contribution in [-0.4, -0.2) is 80.5 Å². The molecule has 0 fully saturated rings. The van der Waals surface area contributed by atoms with Crippen molar-refractivity contribution in [3.8, 4) is 0 Å². The van der Waals surface area contributed by atoms with Crippen LogP contribution < -0.4 is 0 Å². The molecular formula is C21H34O9S. The monoisotopic (exact) mass is 462 g/mol. The van der Waals surface area contributed by atoms with Gasteiger partial charge in [0.25, 0.3) is 10.1 Å². The molecule has 0 radical (unpaired) electrons. The van der Waals surface area contributed by atoms with E-state index in [0.29, 0.717) is 52.7 Å². The number of aryl methyl sites for hydroxylation is 1. The van der Waals surface area contributed by atoms with E-state index in [-0.39, 0.29) is 30.7 Å². The molecule has 1 aromatic carbocycles. The van der Waals surface area contributed by atoms with E-state index in [0.717, 1.165) is 12.0 Å². The molecule has 0 spiro atoms. The van der Waals surface area contributed by atoms with Gasteiger partial charge in [0.15, 0.2) is 0 Å². The van der Waals surface area contributed by atoms with Gasteiger partial charge in [0.05, 0.1) is 64.4 Å². The van der Waals surface area contributed by atoms with Crippen LogP contribution in [0.3, 0.4) is 0 Å². The Hall–Kier alpha value is -1.56. The highest BCUT2D eigenvalue weighted by atomic mass is 32.2. The number of esters is 1. The van der Waals surface area contributed by atoms with Crippen LogP contribution in [0.1, 0.15) is 25.3 Å². The van der Waals surface area contributed by atoms with Crippen LogP contribution in [0.25, 0.3) is 0 Å². The fourth-order valence-electron chi connectivity index (χ4n) is 2.23. The predicted molar refractivity (Wildman–Crippen MR) is 113 cm³/mol. The van der Waals surface area contributed by atoms with Gasteiger partial charge in [0.1, 0.15) is 6.61 Å².